The number of thiazole rings is 1. The monoisotopic (exact) mass is 525 g/mol. The summed E-state index contributed by atoms with van der Waals surface area (Å²) in [4.78, 5) is 30.7. The number of carbonyl (C=O) groups is 2. The zero-order chi connectivity index (χ0) is 25.4. The van der Waals surface area contributed by atoms with Crippen LogP contribution >= 0.6 is 22.7 Å². The molecule has 2 N–H and O–H groups in total. The zero-order valence-corrected chi connectivity index (χ0v) is 22.6. The minimum Gasteiger partial charge on any atom is -0.350 e. The number of likely N-dealkylation sites (tertiary alicyclic amines) is 1. The molecule has 0 bridgehead atoms. The van der Waals surface area contributed by atoms with Crippen molar-refractivity contribution in [1.82, 2.24) is 29.6 Å². The van der Waals surface area contributed by atoms with Gasteiger partial charge in [-0.1, -0.05) is 6.42 Å². The van der Waals surface area contributed by atoms with Crippen molar-refractivity contribution in [3.63, 3.8) is 0 Å². The van der Waals surface area contributed by atoms with Crippen LogP contribution in [0.2, 0.25) is 0 Å². The fourth-order valence-electron chi connectivity index (χ4n) is 4.81. The highest BCUT2D eigenvalue weighted by atomic mass is 32.1. The summed E-state index contributed by atoms with van der Waals surface area (Å²) in [5.41, 5.74) is 2.34. The molecule has 11 heteroatoms. The van der Waals surface area contributed by atoms with E-state index >= 15 is 0 Å². The van der Waals surface area contributed by atoms with Crippen LogP contribution in [0, 0.1) is 6.92 Å². The second-order valence-electron chi connectivity index (χ2n) is 9.51. The fourth-order valence-corrected chi connectivity index (χ4v) is 6.83. The molecule has 5 rings (SSSR count). The van der Waals surface area contributed by atoms with E-state index in [-0.39, 0.29) is 11.8 Å². The molecule has 4 aromatic rings. The van der Waals surface area contributed by atoms with Crippen LogP contribution in [0.5, 0.6) is 0 Å². The van der Waals surface area contributed by atoms with Crippen LogP contribution in [0.15, 0.2) is 30.9 Å². The largest absolute Gasteiger partial charge is 0.350 e. The van der Waals surface area contributed by atoms with Crippen molar-refractivity contribution in [2.45, 2.75) is 52.1 Å². The SMILES string of the molecule is Cc1cc(C(=O)NCCN2[C@H](C)CCC[C@@H]2C)sc1NC(=O)c1cnn2cc(-c3cnn(C)c3)sc12. The number of aryl methyl sites for hydroxylation is 2. The third kappa shape index (κ3) is 4.95. The molecule has 2 atom stereocenters. The van der Waals surface area contributed by atoms with Gasteiger partial charge in [0, 0.05) is 50.2 Å². The van der Waals surface area contributed by atoms with Crippen molar-refractivity contribution < 1.29 is 9.59 Å². The summed E-state index contributed by atoms with van der Waals surface area (Å²) in [5, 5.41) is 15.3. The number of thiophene rings is 1. The number of carbonyl (C=O) groups excluding carboxylic acids is 2. The lowest BCUT2D eigenvalue weighted by atomic mass is 9.98. The van der Waals surface area contributed by atoms with Crippen molar-refractivity contribution in [3.8, 4) is 10.4 Å². The van der Waals surface area contributed by atoms with E-state index in [1.165, 1.54) is 41.9 Å². The quantitative estimate of drug-likeness (QED) is 0.373. The van der Waals surface area contributed by atoms with Gasteiger partial charge < -0.3 is 10.6 Å². The van der Waals surface area contributed by atoms with Gasteiger partial charge >= 0.3 is 0 Å². The van der Waals surface area contributed by atoms with Crippen LogP contribution in [0.3, 0.4) is 0 Å². The van der Waals surface area contributed by atoms with Crippen LogP contribution in [0.1, 0.15) is 58.7 Å². The Bertz CT molecular complexity index is 1390. The smallest absolute Gasteiger partial charge is 0.261 e. The number of fused-ring (bicyclic) bond motifs is 1. The van der Waals surface area contributed by atoms with Gasteiger partial charge in [-0.2, -0.15) is 10.2 Å². The summed E-state index contributed by atoms with van der Waals surface area (Å²) < 4.78 is 3.46. The van der Waals surface area contributed by atoms with Crippen molar-refractivity contribution in [3.05, 3.63) is 46.9 Å². The lowest BCUT2D eigenvalue weighted by molar-refractivity contribution is 0.0892. The normalized spacial score (nSPS) is 18.6. The third-order valence-corrected chi connectivity index (χ3v) is 9.14. The summed E-state index contributed by atoms with van der Waals surface area (Å²) >= 11 is 2.79. The van der Waals surface area contributed by atoms with Crippen molar-refractivity contribution in [1.29, 1.82) is 0 Å². The number of nitrogens with zero attached hydrogens (tertiary/aromatic N) is 5. The van der Waals surface area contributed by atoms with Gasteiger partial charge in [0.1, 0.15) is 4.83 Å². The van der Waals surface area contributed by atoms with Crippen LogP contribution in [-0.2, 0) is 7.05 Å². The Labute approximate surface area is 218 Å². The number of nitrogens with one attached hydrogen (secondary N) is 2. The van der Waals surface area contributed by atoms with E-state index < -0.39 is 0 Å². The summed E-state index contributed by atoms with van der Waals surface area (Å²) in [6.45, 7) is 7.89. The second-order valence-corrected chi connectivity index (χ2v) is 11.6. The number of hydrogen-bond acceptors (Lipinski definition) is 7. The number of piperidine rings is 1. The van der Waals surface area contributed by atoms with Crippen molar-refractivity contribution >= 4 is 44.3 Å². The molecule has 0 saturated carbocycles. The number of hydrogen-bond donors (Lipinski definition) is 2. The molecule has 1 aliphatic rings. The van der Waals surface area contributed by atoms with Crippen LogP contribution in [-0.4, -0.2) is 61.3 Å². The first-order valence-electron chi connectivity index (χ1n) is 12.2. The second kappa shape index (κ2) is 10.2. The van der Waals surface area contributed by atoms with Crippen LogP contribution < -0.4 is 10.6 Å². The van der Waals surface area contributed by atoms with Gasteiger partial charge in [-0.25, -0.2) is 4.52 Å². The molecular formula is C25H31N7O2S2. The Morgan fingerprint density at radius 3 is 2.58 bits per heavy atom. The van der Waals surface area contributed by atoms with Gasteiger partial charge in [0.15, 0.2) is 0 Å². The Balaban J connectivity index is 1.23. The predicted molar refractivity (Wildman–Crippen MR) is 144 cm³/mol. The highest BCUT2D eigenvalue weighted by Gasteiger charge is 2.24. The summed E-state index contributed by atoms with van der Waals surface area (Å²) in [7, 11) is 1.87. The van der Waals surface area contributed by atoms with Crippen molar-refractivity contribution in [2.24, 2.45) is 7.05 Å². The molecule has 5 heterocycles. The molecule has 36 heavy (non-hydrogen) atoms. The summed E-state index contributed by atoms with van der Waals surface area (Å²) in [6.07, 6.45) is 10.9. The average molecular weight is 526 g/mol. The Kier molecular flexibility index (Phi) is 6.96. The predicted octanol–water partition coefficient (Wildman–Crippen LogP) is 4.41. The molecule has 1 fully saturated rings. The standard InChI is InChI=1S/C25H31N7O2S2/c1-15-10-20(23(34)26-8-9-31-16(2)6-5-7-17(31)3)35-24(15)29-22(33)19-12-28-32-14-21(36-25(19)32)18-11-27-30(4)13-18/h10-14,16-17H,5-9H2,1-4H3,(H,26,34)(H,29,33)/t16-,17+. The topological polar surface area (TPSA) is 96.6 Å². The maximum Gasteiger partial charge on any atom is 0.261 e. The van der Waals surface area contributed by atoms with E-state index in [0.29, 0.717) is 34.1 Å². The first kappa shape index (κ1) is 24.7. The molecule has 0 aliphatic carbocycles. The van der Waals surface area contributed by atoms with Crippen LogP contribution in [0.25, 0.3) is 15.3 Å². The third-order valence-electron chi connectivity index (χ3n) is 6.83. The van der Waals surface area contributed by atoms with Gasteiger partial charge in [-0.05, 0) is 45.2 Å². The first-order valence-corrected chi connectivity index (χ1v) is 13.9. The molecule has 2 amide bonds. The number of rotatable bonds is 7. The van der Waals surface area contributed by atoms with Gasteiger partial charge in [0.05, 0.1) is 32.7 Å². The molecule has 1 aliphatic heterocycles. The minimum atomic E-state index is -0.241. The lowest BCUT2D eigenvalue weighted by Gasteiger charge is -2.38. The highest BCUT2D eigenvalue weighted by molar-refractivity contribution is 7.21. The molecular weight excluding hydrogens is 494 g/mol. The van der Waals surface area contributed by atoms with E-state index in [9.17, 15) is 9.59 Å². The van der Waals surface area contributed by atoms with E-state index in [0.717, 1.165) is 27.4 Å². The number of amides is 2. The Morgan fingerprint density at radius 2 is 1.86 bits per heavy atom. The van der Waals surface area contributed by atoms with E-state index in [2.05, 4.69) is 39.6 Å². The van der Waals surface area contributed by atoms with Gasteiger partial charge in [0.25, 0.3) is 11.8 Å². The molecule has 1 saturated heterocycles. The molecule has 4 aromatic heterocycles. The summed E-state index contributed by atoms with van der Waals surface area (Å²) in [6, 6.07) is 2.94. The molecule has 0 radical (unpaired) electrons. The number of anilines is 1. The van der Waals surface area contributed by atoms with Crippen molar-refractivity contribution in [2.75, 3.05) is 18.4 Å². The number of aromatic nitrogens is 4. The fraction of sp³-hybridized carbons (Fsp3) is 0.440. The zero-order valence-electron chi connectivity index (χ0n) is 20.9. The van der Waals surface area contributed by atoms with Gasteiger partial charge in [-0.15, -0.1) is 22.7 Å². The van der Waals surface area contributed by atoms with Crippen LogP contribution in [0.4, 0.5) is 5.00 Å². The van der Waals surface area contributed by atoms with Gasteiger partial charge in [-0.3, -0.25) is 19.2 Å². The Hall–Kier alpha value is -3.02. The van der Waals surface area contributed by atoms with E-state index in [1.807, 2.05) is 32.4 Å². The van der Waals surface area contributed by atoms with Gasteiger partial charge in [0.2, 0.25) is 0 Å². The maximum absolute atomic E-state index is 13.1. The molecule has 0 spiro atoms. The average Bonchev–Trinajstić information content (AvgIpc) is 3.60. The molecule has 9 nitrogen and oxygen atoms in total. The maximum atomic E-state index is 13.1. The Morgan fingerprint density at radius 1 is 1.08 bits per heavy atom. The first-order chi connectivity index (χ1) is 17.3. The van der Waals surface area contributed by atoms with E-state index in [1.54, 1.807) is 21.6 Å². The minimum absolute atomic E-state index is 0.104. The molecule has 190 valence electrons. The van der Waals surface area contributed by atoms with E-state index in [4.69, 9.17) is 0 Å². The lowest BCUT2D eigenvalue weighted by Crippen LogP contribution is -2.47. The highest BCUT2D eigenvalue weighted by Crippen LogP contribution is 2.32. The summed E-state index contributed by atoms with van der Waals surface area (Å²) in [5.74, 6) is -0.345. The molecule has 0 aromatic carbocycles. The molecule has 0 unspecified atom stereocenters.